The first-order chi connectivity index (χ1) is 13.1. The summed E-state index contributed by atoms with van der Waals surface area (Å²) in [6.45, 7) is 11.5. The van der Waals surface area contributed by atoms with E-state index in [2.05, 4.69) is 60.5 Å². The van der Waals surface area contributed by atoms with E-state index < -0.39 is 0 Å². The molecule has 27 heavy (non-hydrogen) atoms. The summed E-state index contributed by atoms with van der Waals surface area (Å²) in [5.74, 6) is 2.16. The Kier molecular flexibility index (Phi) is 10.0. The highest BCUT2D eigenvalue weighted by Gasteiger charge is 2.29. The molecule has 0 bridgehead atoms. The highest BCUT2D eigenvalue weighted by atomic mass is 32.2. The number of guanidine groups is 1. The van der Waals surface area contributed by atoms with Crippen molar-refractivity contribution >= 4 is 17.7 Å². The minimum atomic E-state index is 0.328. The van der Waals surface area contributed by atoms with Crippen molar-refractivity contribution in [3.05, 3.63) is 35.4 Å². The fourth-order valence-electron chi connectivity index (χ4n) is 3.03. The normalized spacial score (nSPS) is 20.0. The van der Waals surface area contributed by atoms with Gasteiger partial charge in [0, 0.05) is 24.4 Å². The first-order valence-corrected chi connectivity index (χ1v) is 11.0. The Morgan fingerprint density at radius 3 is 2.74 bits per heavy atom. The summed E-state index contributed by atoms with van der Waals surface area (Å²) in [6.07, 6.45) is 2.59. The molecule has 1 aromatic carbocycles. The average Bonchev–Trinajstić information content (AvgIpc) is 3.11. The lowest BCUT2D eigenvalue weighted by Gasteiger charge is -2.24. The van der Waals surface area contributed by atoms with E-state index in [1.165, 1.54) is 29.7 Å². The maximum atomic E-state index is 5.66. The molecule has 1 aromatic rings. The second-order valence-electron chi connectivity index (χ2n) is 7.02. The van der Waals surface area contributed by atoms with Crippen LogP contribution in [0.4, 0.5) is 0 Å². The summed E-state index contributed by atoms with van der Waals surface area (Å²) in [5, 5.41) is 6.87. The first kappa shape index (κ1) is 22.1. The van der Waals surface area contributed by atoms with E-state index in [1.54, 1.807) is 0 Å². The van der Waals surface area contributed by atoms with Crippen molar-refractivity contribution < 1.29 is 9.47 Å². The number of hydrogen-bond donors (Lipinski definition) is 2. The third-order valence-electron chi connectivity index (χ3n) is 4.53. The molecule has 0 aliphatic carbocycles. The number of ether oxygens (including phenoxy) is 2. The Morgan fingerprint density at radius 2 is 2.00 bits per heavy atom. The molecular weight excluding hydrogens is 358 g/mol. The van der Waals surface area contributed by atoms with Gasteiger partial charge in [0.2, 0.25) is 0 Å². The molecule has 0 spiro atoms. The summed E-state index contributed by atoms with van der Waals surface area (Å²) in [4.78, 5) is 4.76. The molecule has 1 saturated heterocycles. The van der Waals surface area contributed by atoms with Gasteiger partial charge in [-0.15, -0.1) is 0 Å². The zero-order chi connectivity index (χ0) is 19.4. The van der Waals surface area contributed by atoms with Crippen molar-refractivity contribution in [3.63, 3.8) is 0 Å². The molecule has 1 heterocycles. The second kappa shape index (κ2) is 12.3. The van der Waals surface area contributed by atoms with Crippen molar-refractivity contribution in [2.75, 3.05) is 38.7 Å². The molecule has 2 N–H and O–H groups in total. The molecule has 1 fully saturated rings. The molecule has 5 nitrogen and oxygen atoms in total. The molecule has 0 radical (unpaired) electrons. The van der Waals surface area contributed by atoms with Crippen LogP contribution in [0.1, 0.15) is 44.7 Å². The predicted octanol–water partition coefficient (Wildman–Crippen LogP) is 3.58. The van der Waals surface area contributed by atoms with Gasteiger partial charge in [-0.05, 0) is 50.5 Å². The molecule has 1 unspecified atom stereocenters. The number of nitrogens with zero attached hydrogens (tertiary/aromatic N) is 1. The molecule has 1 atom stereocenters. The summed E-state index contributed by atoms with van der Waals surface area (Å²) in [7, 11) is 0. The van der Waals surface area contributed by atoms with Crippen molar-refractivity contribution in [3.8, 4) is 0 Å². The van der Waals surface area contributed by atoms with Gasteiger partial charge in [-0.2, -0.15) is 11.8 Å². The molecule has 1 aliphatic rings. The molecule has 152 valence electrons. The van der Waals surface area contributed by atoms with E-state index in [4.69, 9.17) is 14.5 Å². The van der Waals surface area contributed by atoms with Crippen LogP contribution in [0.15, 0.2) is 29.3 Å². The largest absolute Gasteiger partial charge is 0.379 e. The third-order valence-corrected chi connectivity index (χ3v) is 6.07. The SMILES string of the molecule is CCNC(=NCc1cccc(COCCOCC)c1)NCC1(C)CCCS1. The topological polar surface area (TPSA) is 54.9 Å². The smallest absolute Gasteiger partial charge is 0.191 e. The Hall–Kier alpha value is -1.24. The molecule has 2 rings (SSSR count). The van der Waals surface area contributed by atoms with E-state index in [-0.39, 0.29) is 0 Å². The summed E-state index contributed by atoms with van der Waals surface area (Å²) in [5.41, 5.74) is 2.37. The maximum Gasteiger partial charge on any atom is 0.191 e. The van der Waals surface area contributed by atoms with Crippen LogP contribution < -0.4 is 10.6 Å². The molecule has 0 aromatic heterocycles. The number of nitrogens with one attached hydrogen (secondary N) is 2. The fraction of sp³-hybridized carbons (Fsp3) is 0.667. The van der Waals surface area contributed by atoms with Crippen LogP contribution in [-0.2, 0) is 22.6 Å². The van der Waals surface area contributed by atoms with Crippen LogP contribution in [0.25, 0.3) is 0 Å². The van der Waals surface area contributed by atoms with Crippen molar-refractivity contribution in [1.29, 1.82) is 0 Å². The van der Waals surface area contributed by atoms with E-state index in [1.807, 2.05) is 6.92 Å². The van der Waals surface area contributed by atoms with Crippen LogP contribution in [-0.4, -0.2) is 49.4 Å². The Balaban J connectivity index is 1.84. The monoisotopic (exact) mass is 393 g/mol. The zero-order valence-corrected chi connectivity index (χ0v) is 17.9. The molecule has 0 amide bonds. The Bertz CT molecular complexity index is 574. The fourth-order valence-corrected chi connectivity index (χ4v) is 4.27. The lowest BCUT2D eigenvalue weighted by Crippen LogP contribution is -2.43. The number of aliphatic imine (C=N–C) groups is 1. The van der Waals surface area contributed by atoms with E-state index in [9.17, 15) is 0 Å². The summed E-state index contributed by atoms with van der Waals surface area (Å²) in [6, 6.07) is 8.45. The van der Waals surface area contributed by atoms with E-state index in [0.717, 1.165) is 25.7 Å². The third kappa shape index (κ3) is 8.54. The lowest BCUT2D eigenvalue weighted by molar-refractivity contribution is 0.0453. The number of benzene rings is 1. The van der Waals surface area contributed by atoms with Gasteiger partial charge in [0.05, 0.1) is 26.4 Å². The average molecular weight is 394 g/mol. The van der Waals surface area contributed by atoms with Gasteiger partial charge in [-0.3, -0.25) is 0 Å². The quantitative estimate of drug-likeness (QED) is 0.342. The van der Waals surface area contributed by atoms with Crippen LogP contribution in [0, 0.1) is 0 Å². The van der Waals surface area contributed by atoms with Crippen molar-refractivity contribution in [1.82, 2.24) is 10.6 Å². The van der Waals surface area contributed by atoms with Gasteiger partial charge in [0.25, 0.3) is 0 Å². The molecule has 6 heteroatoms. The summed E-state index contributed by atoms with van der Waals surface area (Å²) < 4.78 is 11.3. The zero-order valence-electron chi connectivity index (χ0n) is 17.1. The molecular formula is C21H35N3O2S. The van der Waals surface area contributed by atoms with Crippen molar-refractivity contribution in [2.45, 2.75) is 51.5 Å². The van der Waals surface area contributed by atoms with E-state index >= 15 is 0 Å². The number of hydrogen-bond acceptors (Lipinski definition) is 4. The number of thioether (sulfide) groups is 1. The maximum absolute atomic E-state index is 5.66. The van der Waals surface area contributed by atoms with Crippen LogP contribution >= 0.6 is 11.8 Å². The highest BCUT2D eigenvalue weighted by molar-refractivity contribution is 8.00. The van der Waals surface area contributed by atoms with Crippen LogP contribution in [0.3, 0.4) is 0 Å². The second-order valence-corrected chi connectivity index (χ2v) is 8.70. The van der Waals surface area contributed by atoms with Gasteiger partial charge >= 0.3 is 0 Å². The highest BCUT2D eigenvalue weighted by Crippen LogP contribution is 2.36. The standard InChI is InChI=1S/C21H35N3O2S/c1-4-22-20(24-17-21(3)10-7-13-27-21)23-15-18-8-6-9-19(14-18)16-26-12-11-25-5-2/h6,8-9,14H,4-5,7,10-13,15-17H2,1-3H3,(H2,22,23,24). The van der Waals surface area contributed by atoms with E-state index in [0.29, 0.717) is 31.1 Å². The summed E-state index contributed by atoms with van der Waals surface area (Å²) >= 11 is 2.07. The minimum absolute atomic E-state index is 0.328. The predicted molar refractivity (Wildman–Crippen MR) is 116 cm³/mol. The van der Waals surface area contributed by atoms with Gasteiger partial charge in [-0.25, -0.2) is 4.99 Å². The Morgan fingerprint density at radius 1 is 1.19 bits per heavy atom. The van der Waals surface area contributed by atoms with Gasteiger partial charge in [0.1, 0.15) is 0 Å². The van der Waals surface area contributed by atoms with Crippen LogP contribution in [0.2, 0.25) is 0 Å². The van der Waals surface area contributed by atoms with Gasteiger partial charge < -0.3 is 20.1 Å². The first-order valence-electron chi connectivity index (χ1n) is 10.0. The number of rotatable bonds is 11. The van der Waals surface area contributed by atoms with Gasteiger partial charge in [0.15, 0.2) is 5.96 Å². The minimum Gasteiger partial charge on any atom is -0.379 e. The molecule has 1 aliphatic heterocycles. The van der Waals surface area contributed by atoms with Gasteiger partial charge in [-0.1, -0.05) is 24.3 Å². The van der Waals surface area contributed by atoms with Crippen molar-refractivity contribution in [2.24, 2.45) is 4.99 Å². The lowest BCUT2D eigenvalue weighted by atomic mass is 10.1. The Labute approximate surface area is 168 Å². The molecule has 0 saturated carbocycles. The van der Waals surface area contributed by atoms with Crippen LogP contribution in [0.5, 0.6) is 0 Å².